The third-order valence-corrected chi connectivity index (χ3v) is 11.5. The number of carbonyl (C=O) groups excluding carboxylic acids is 3. The van der Waals surface area contributed by atoms with E-state index in [0.717, 1.165) is 47.6 Å². The molecule has 0 bridgehead atoms. The molecule has 3 amide bonds. The van der Waals surface area contributed by atoms with Gasteiger partial charge < -0.3 is 29.7 Å². The first-order valence-electron chi connectivity index (χ1n) is 14.3. The summed E-state index contributed by atoms with van der Waals surface area (Å²) in [5.74, 6) is 2.76. The number of hydrogen-bond acceptors (Lipinski definition) is 8. The largest absolute Gasteiger partial charge is 0.415 e. The van der Waals surface area contributed by atoms with E-state index in [0.29, 0.717) is 37.8 Å². The minimum Gasteiger partial charge on any atom is -0.409 e. The summed E-state index contributed by atoms with van der Waals surface area (Å²) < 4.78 is 6.10. The number of alkyl halides is 1. The lowest BCUT2D eigenvalue weighted by Gasteiger charge is -2.48. The van der Waals surface area contributed by atoms with E-state index in [4.69, 9.17) is 16.3 Å². The van der Waals surface area contributed by atoms with Crippen LogP contribution < -0.4 is 10.1 Å². The van der Waals surface area contributed by atoms with Crippen LogP contribution in [0.3, 0.4) is 0 Å². The number of rotatable bonds is 5. The summed E-state index contributed by atoms with van der Waals surface area (Å²) in [6.45, 7) is 4.75. The first kappa shape index (κ1) is 28.8. The maximum atomic E-state index is 13.7. The van der Waals surface area contributed by atoms with E-state index in [2.05, 4.69) is 23.3 Å². The summed E-state index contributed by atoms with van der Waals surface area (Å²) in [6.07, 6.45) is 0.0455. The van der Waals surface area contributed by atoms with Gasteiger partial charge in [0, 0.05) is 99.1 Å². The fourth-order valence-electron chi connectivity index (χ4n) is 6.36. The van der Waals surface area contributed by atoms with Gasteiger partial charge in [0.2, 0.25) is 11.8 Å². The fraction of sp³-hybridized carbons (Fsp3) is 0.552. The Labute approximate surface area is 253 Å². The van der Waals surface area contributed by atoms with Gasteiger partial charge in [-0.3, -0.25) is 9.59 Å². The fourth-order valence-corrected chi connectivity index (χ4v) is 9.32. The summed E-state index contributed by atoms with van der Waals surface area (Å²) in [6, 6.07) is 9.67. The Kier molecular flexibility index (Phi) is 8.76. The summed E-state index contributed by atoms with van der Waals surface area (Å²) in [5, 5.41) is 5.36. The van der Waals surface area contributed by atoms with Gasteiger partial charge in [-0.1, -0.05) is 45.9 Å². The third-order valence-electron chi connectivity index (χ3n) is 8.73. The van der Waals surface area contributed by atoms with Crippen molar-refractivity contribution in [3.63, 3.8) is 0 Å². The van der Waals surface area contributed by atoms with E-state index >= 15 is 0 Å². The Morgan fingerprint density at radius 3 is 2.32 bits per heavy atom. The summed E-state index contributed by atoms with van der Waals surface area (Å²) in [5.41, 5.74) is 2.13. The molecule has 4 aliphatic heterocycles. The van der Waals surface area contributed by atoms with Crippen molar-refractivity contribution in [2.24, 2.45) is 0 Å². The molecule has 220 valence electrons. The van der Waals surface area contributed by atoms with Gasteiger partial charge in [-0.25, -0.2) is 4.79 Å². The van der Waals surface area contributed by atoms with Crippen molar-refractivity contribution in [3.8, 4) is 5.75 Å². The van der Waals surface area contributed by atoms with Crippen LogP contribution in [0, 0.1) is 0 Å². The van der Waals surface area contributed by atoms with E-state index in [9.17, 15) is 14.4 Å². The average molecular weight is 618 g/mol. The zero-order valence-electron chi connectivity index (χ0n) is 23.2. The second-order valence-corrected chi connectivity index (χ2v) is 14.0. The predicted molar refractivity (Wildman–Crippen MR) is 166 cm³/mol. The molecule has 3 fully saturated rings. The highest BCUT2D eigenvalue weighted by Crippen LogP contribution is 2.43. The summed E-state index contributed by atoms with van der Waals surface area (Å²) >= 11 is 6.25. The molecule has 4 heterocycles. The Morgan fingerprint density at radius 1 is 0.927 bits per heavy atom. The lowest BCUT2D eigenvalue weighted by Crippen LogP contribution is -2.65. The van der Waals surface area contributed by atoms with Crippen LogP contribution in [0.4, 0.5) is 10.5 Å². The van der Waals surface area contributed by atoms with Crippen LogP contribution in [0.2, 0.25) is 0 Å². The molecule has 2 unspecified atom stereocenters. The molecular weight excluding hydrogens is 582 g/mol. The molecular formula is C29H36ClN5O4S2. The number of piperazine rings is 2. The molecule has 0 spiro atoms. The molecule has 0 saturated carbocycles. The van der Waals surface area contributed by atoms with Crippen LogP contribution in [-0.4, -0.2) is 120 Å². The smallest absolute Gasteiger partial charge is 0.409 e. The van der Waals surface area contributed by atoms with E-state index < -0.39 is 0 Å². The maximum Gasteiger partial charge on any atom is 0.415 e. The van der Waals surface area contributed by atoms with Crippen LogP contribution in [0.15, 0.2) is 30.3 Å². The SMILES string of the molecule is CN1CCN(C(=O)CCC(=O)N2CCN(C(=O)Oc3cc4c(c5ccccc35)[C@H](CCl)CN4)C3CSSCC32)CC1. The lowest BCUT2D eigenvalue weighted by molar-refractivity contribution is -0.141. The van der Waals surface area contributed by atoms with Crippen LogP contribution in [0.5, 0.6) is 5.75 Å². The quantitative estimate of drug-likeness (QED) is 0.399. The number of anilines is 1. The molecule has 0 radical (unpaired) electrons. The number of hydrogen-bond donors (Lipinski definition) is 1. The van der Waals surface area contributed by atoms with Gasteiger partial charge in [0.1, 0.15) is 5.75 Å². The highest BCUT2D eigenvalue weighted by Gasteiger charge is 2.43. The summed E-state index contributed by atoms with van der Waals surface area (Å²) in [4.78, 5) is 47.5. The Morgan fingerprint density at radius 2 is 1.59 bits per heavy atom. The molecule has 0 aromatic heterocycles. The Hall–Kier alpha value is -2.34. The molecule has 6 rings (SSSR count). The van der Waals surface area contributed by atoms with E-state index in [1.54, 1.807) is 26.5 Å². The predicted octanol–water partition coefficient (Wildman–Crippen LogP) is 3.92. The number of carbonyl (C=O) groups is 3. The molecule has 2 aromatic rings. The first-order chi connectivity index (χ1) is 19.9. The second kappa shape index (κ2) is 12.5. The molecule has 12 heteroatoms. The zero-order valence-corrected chi connectivity index (χ0v) is 25.6. The van der Waals surface area contributed by atoms with Crippen molar-refractivity contribution in [3.05, 3.63) is 35.9 Å². The minimum absolute atomic E-state index is 0.00692. The van der Waals surface area contributed by atoms with Crippen molar-refractivity contribution in [2.45, 2.75) is 30.8 Å². The zero-order chi connectivity index (χ0) is 28.5. The Bertz CT molecular complexity index is 1320. The number of likely N-dealkylation sites (N-methyl/N-ethyl adjacent to an activating group) is 1. The number of ether oxygens (including phenoxy) is 1. The van der Waals surface area contributed by atoms with Crippen molar-refractivity contribution >= 4 is 67.6 Å². The Balaban J connectivity index is 1.13. The number of halogens is 1. The van der Waals surface area contributed by atoms with Crippen molar-refractivity contribution < 1.29 is 19.1 Å². The third kappa shape index (κ3) is 5.83. The second-order valence-electron chi connectivity index (χ2n) is 11.1. The van der Waals surface area contributed by atoms with Gasteiger partial charge >= 0.3 is 6.09 Å². The van der Waals surface area contributed by atoms with Gasteiger partial charge in [0.15, 0.2) is 0 Å². The number of benzene rings is 2. The van der Waals surface area contributed by atoms with E-state index in [1.807, 2.05) is 34.1 Å². The molecule has 3 atom stereocenters. The van der Waals surface area contributed by atoms with Crippen LogP contribution >= 0.6 is 33.2 Å². The lowest BCUT2D eigenvalue weighted by atomic mass is 9.95. The monoisotopic (exact) mass is 617 g/mol. The minimum atomic E-state index is -0.387. The average Bonchev–Trinajstić information content (AvgIpc) is 3.42. The normalized spacial score (nSPS) is 24.5. The molecule has 9 nitrogen and oxygen atoms in total. The maximum absolute atomic E-state index is 13.7. The van der Waals surface area contributed by atoms with Crippen molar-refractivity contribution in [2.75, 3.05) is 75.6 Å². The number of nitrogens with one attached hydrogen (secondary N) is 1. The topological polar surface area (TPSA) is 85.4 Å². The van der Waals surface area contributed by atoms with Gasteiger partial charge in [-0.15, -0.1) is 11.6 Å². The molecule has 41 heavy (non-hydrogen) atoms. The van der Waals surface area contributed by atoms with Crippen molar-refractivity contribution in [1.82, 2.24) is 19.6 Å². The molecule has 3 saturated heterocycles. The molecule has 1 N–H and O–H groups in total. The van der Waals surface area contributed by atoms with Crippen molar-refractivity contribution in [1.29, 1.82) is 0 Å². The number of fused-ring (bicyclic) bond motifs is 4. The number of nitrogens with zero attached hydrogens (tertiary/aromatic N) is 4. The van der Waals surface area contributed by atoms with Gasteiger partial charge in [0.25, 0.3) is 0 Å². The van der Waals surface area contributed by atoms with Crippen LogP contribution in [0.25, 0.3) is 10.8 Å². The highest BCUT2D eigenvalue weighted by atomic mass is 35.5. The summed E-state index contributed by atoms with van der Waals surface area (Å²) in [7, 11) is 5.51. The van der Waals surface area contributed by atoms with Gasteiger partial charge in [-0.2, -0.15) is 0 Å². The highest BCUT2D eigenvalue weighted by molar-refractivity contribution is 8.76. The van der Waals surface area contributed by atoms with E-state index in [-0.39, 0.29) is 48.8 Å². The van der Waals surface area contributed by atoms with E-state index in [1.165, 1.54) is 5.56 Å². The first-order valence-corrected chi connectivity index (χ1v) is 17.3. The molecule has 0 aliphatic carbocycles. The van der Waals surface area contributed by atoms with Crippen LogP contribution in [0.1, 0.15) is 24.3 Å². The molecule has 2 aromatic carbocycles. The van der Waals surface area contributed by atoms with Crippen LogP contribution in [-0.2, 0) is 9.59 Å². The number of amides is 3. The molecule has 4 aliphatic rings. The standard InChI is InChI=1S/C29H36ClN5O4S2/c1-32-8-10-33(11-9-32)26(36)6-7-27(37)34-12-13-35(24-18-41-40-17-23(24)34)29(38)39-25-14-22-28(19(15-30)16-31-22)21-5-3-2-4-20(21)25/h2-5,14,19,23-24,31H,6-13,15-18H2,1H3/t19-,23?,24?/m1/s1. The van der Waals surface area contributed by atoms with Gasteiger partial charge in [0.05, 0.1) is 12.1 Å². The van der Waals surface area contributed by atoms with Gasteiger partial charge in [-0.05, 0) is 18.0 Å².